The third kappa shape index (κ3) is 7.09. The molecule has 0 atom stereocenters. The Morgan fingerprint density at radius 3 is 2.29 bits per heavy atom. The van der Waals surface area contributed by atoms with Gasteiger partial charge in [-0.1, -0.05) is 36.4 Å². The van der Waals surface area contributed by atoms with Crippen molar-refractivity contribution >= 4 is 33.4 Å². The summed E-state index contributed by atoms with van der Waals surface area (Å²) in [4.78, 5) is 16.6. The Hall–Kier alpha value is -3.01. The average Bonchev–Trinajstić information content (AvgIpc) is 3.45. The van der Waals surface area contributed by atoms with E-state index in [1.54, 1.807) is 48.5 Å². The zero-order chi connectivity index (χ0) is 27.0. The Morgan fingerprint density at radius 1 is 0.974 bits per heavy atom. The highest BCUT2D eigenvalue weighted by Crippen LogP contribution is 2.33. The van der Waals surface area contributed by atoms with Crippen LogP contribution < -0.4 is 14.4 Å². The number of sulfonamides is 1. The van der Waals surface area contributed by atoms with Gasteiger partial charge in [0.15, 0.2) is 0 Å². The van der Waals surface area contributed by atoms with Gasteiger partial charge in [0.05, 0.1) is 17.2 Å². The first-order valence-corrected chi connectivity index (χ1v) is 15.5. The van der Waals surface area contributed by atoms with Gasteiger partial charge in [0.25, 0.3) is 10.0 Å². The predicted octanol–water partition coefficient (Wildman–Crippen LogP) is 4.91. The van der Waals surface area contributed by atoms with Crippen molar-refractivity contribution < 1.29 is 17.9 Å². The number of amides is 1. The fourth-order valence-corrected chi connectivity index (χ4v) is 6.30. The topological polar surface area (TPSA) is 79.0 Å². The zero-order valence-electron chi connectivity index (χ0n) is 21.9. The summed E-state index contributed by atoms with van der Waals surface area (Å²) in [5, 5.41) is 2.89. The fourth-order valence-electron chi connectivity index (χ4n) is 4.46. The fraction of sp³-hybridized carbons (Fsp3) is 0.345. The maximum Gasteiger partial charge on any atom is 0.264 e. The highest BCUT2D eigenvalue weighted by Gasteiger charge is 2.29. The molecule has 1 amide bonds. The van der Waals surface area contributed by atoms with Gasteiger partial charge in [-0.2, -0.15) is 0 Å². The normalized spacial score (nSPS) is 13.8. The molecule has 3 aromatic carbocycles. The Balaban J connectivity index is 1.50. The molecule has 38 heavy (non-hydrogen) atoms. The molecule has 0 radical (unpaired) electrons. The molecule has 4 rings (SSSR count). The lowest BCUT2D eigenvalue weighted by atomic mass is 10.1. The Morgan fingerprint density at radius 2 is 1.63 bits per heavy atom. The number of nitrogens with one attached hydrogen (secondary N) is 1. The maximum absolute atomic E-state index is 13.8. The van der Waals surface area contributed by atoms with Crippen LogP contribution in [0.3, 0.4) is 0 Å². The molecule has 1 aliphatic rings. The van der Waals surface area contributed by atoms with Crippen molar-refractivity contribution in [3.63, 3.8) is 0 Å². The van der Waals surface area contributed by atoms with Crippen molar-refractivity contribution in [3.05, 3.63) is 83.9 Å². The number of anilines is 1. The van der Waals surface area contributed by atoms with Gasteiger partial charge < -0.3 is 10.1 Å². The van der Waals surface area contributed by atoms with Crippen molar-refractivity contribution in [1.82, 2.24) is 10.2 Å². The van der Waals surface area contributed by atoms with Gasteiger partial charge in [-0.3, -0.25) is 14.0 Å². The molecule has 1 heterocycles. The average molecular weight is 554 g/mol. The van der Waals surface area contributed by atoms with Crippen molar-refractivity contribution in [2.45, 2.75) is 42.6 Å². The molecule has 1 N–H and O–H groups in total. The van der Waals surface area contributed by atoms with E-state index in [2.05, 4.69) is 22.3 Å². The molecule has 1 aliphatic heterocycles. The predicted molar refractivity (Wildman–Crippen MR) is 153 cm³/mol. The van der Waals surface area contributed by atoms with E-state index >= 15 is 0 Å². The van der Waals surface area contributed by atoms with E-state index < -0.39 is 15.9 Å². The number of para-hydroxylation sites is 2. The molecule has 0 unspecified atom stereocenters. The number of carbonyl (C=O) groups excluding carboxylic acids is 1. The van der Waals surface area contributed by atoms with Gasteiger partial charge >= 0.3 is 0 Å². The summed E-state index contributed by atoms with van der Waals surface area (Å²) >= 11 is 1.53. The van der Waals surface area contributed by atoms with Crippen LogP contribution in [0.1, 0.15) is 30.9 Å². The summed E-state index contributed by atoms with van der Waals surface area (Å²) in [6.45, 7) is 5.37. The number of ether oxygens (including phenoxy) is 1. The second kappa shape index (κ2) is 13.2. The third-order valence-corrected chi connectivity index (χ3v) is 9.00. The minimum Gasteiger partial charge on any atom is -0.492 e. The van der Waals surface area contributed by atoms with E-state index in [9.17, 15) is 13.2 Å². The molecule has 3 aromatic rings. The number of nitrogens with zero attached hydrogens (tertiary/aromatic N) is 2. The summed E-state index contributed by atoms with van der Waals surface area (Å²) in [5.41, 5.74) is 2.53. The number of rotatable bonds is 12. The number of hydrogen-bond donors (Lipinski definition) is 1. The molecule has 1 saturated heterocycles. The standard InChI is InChI=1S/C29H35N3O4S2/c1-3-36-28-9-5-4-8-27(28)32(38(34,35)26-16-14-25(37-2)15-17-26)22-29(33)30-20-23-10-12-24(13-11-23)21-31-18-6-7-19-31/h4-5,8-17H,3,6-7,18-22H2,1-2H3,(H,30,33). The van der Waals surface area contributed by atoms with E-state index in [0.29, 0.717) is 24.6 Å². The van der Waals surface area contributed by atoms with Crippen LogP contribution in [0.25, 0.3) is 0 Å². The summed E-state index contributed by atoms with van der Waals surface area (Å²) in [6, 6.07) is 21.7. The first-order valence-electron chi connectivity index (χ1n) is 12.9. The van der Waals surface area contributed by atoms with Gasteiger partial charge in [0, 0.05) is 18.0 Å². The molecule has 1 fully saturated rings. The summed E-state index contributed by atoms with van der Waals surface area (Å²) < 4.78 is 34.4. The minimum atomic E-state index is -4.04. The number of benzene rings is 3. The first-order chi connectivity index (χ1) is 18.4. The Kier molecular flexibility index (Phi) is 9.71. The van der Waals surface area contributed by atoms with E-state index in [4.69, 9.17) is 4.74 Å². The summed E-state index contributed by atoms with van der Waals surface area (Å²) in [5.74, 6) is 0.00227. The van der Waals surface area contributed by atoms with Gasteiger partial charge in [-0.15, -0.1) is 11.8 Å². The lowest BCUT2D eigenvalue weighted by molar-refractivity contribution is -0.119. The molecular weight excluding hydrogens is 518 g/mol. The molecule has 0 aliphatic carbocycles. The van der Waals surface area contributed by atoms with Crippen LogP contribution in [0.2, 0.25) is 0 Å². The second-order valence-electron chi connectivity index (χ2n) is 9.16. The Labute approximate surface area is 230 Å². The molecule has 0 saturated carbocycles. The highest BCUT2D eigenvalue weighted by molar-refractivity contribution is 7.98. The summed E-state index contributed by atoms with van der Waals surface area (Å²) in [7, 11) is -4.04. The molecular formula is C29H35N3O4S2. The van der Waals surface area contributed by atoms with Gasteiger partial charge in [-0.25, -0.2) is 8.42 Å². The monoisotopic (exact) mass is 553 g/mol. The van der Waals surface area contributed by atoms with Crippen LogP contribution in [-0.2, 0) is 27.9 Å². The van der Waals surface area contributed by atoms with Crippen LogP contribution in [0.4, 0.5) is 5.69 Å². The van der Waals surface area contributed by atoms with Crippen LogP contribution >= 0.6 is 11.8 Å². The number of hydrogen-bond acceptors (Lipinski definition) is 6. The molecule has 9 heteroatoms. The number of thioether (sulfide) groups is 1. The Bertz CT molecular complexity index is 1310. The van der Waals surface area contributed by atoms with Gasteiger partial charge in [-0.05, 0) is 86.6 Å². The first kappa shape index (κ1) is 28.0. The molecule has 0 bridgehead atoms. The maximum atomic E-state index is 13.8. The van der Waals surface area contributed by atoms with Crippen LogP contribution in [0.15, 0.2) is 82.6 Å². The van der Waals surface area contributed by atoms with Crippen molar-refractivity contribution in [2.24, 2.45) is 0 Å². The minimum absolute atomic E-state index is 0.114. The molecule has 0 aromatic heterocycles. The molecule has 202 valence electrons. The van der Waals surface area contributed by atoms with E-state index in [1.807, 2.05) is 25.3 Å². The van der Waals surface area contributed by atoms with E-state index in [1.165, 1.54) is 30.2 Å². The lowest BCUT2D eigenvalue weighted by Gasteiger charge is -2.26. The number of likely N-dealkylation sites (tertiary alicyclic amines) is 1. The largest absolute Gasteiger partial charge is 0.492 e. The lowest BCUT2D eigenvalue weighted by Crippen LogP contribution is -2.40. The van der Waals surface area contributed by atoms with Crippen LogP contribution in [0.5, 0.6) is 5.75 Å². The van der Waals surface area contributed by atoms with E-state index in [-0.39, 0.29) is 11.4 Å². The van der Waals surface area contributed by atoms with Crippen LogP contribution in [0, 0.1) is 0 Å². The summed E-state index contributed by atoms with van der Waals surface area (Å²) in [6.07, 6.45) is 4.45. The van der Waals surface area contributed by atoms with Crippen molar-refractivity contribution in [1.29, 1.82) is 0 Å². The smallest absolute Gasteiger partial charge is 0.264 e. The van der Waals surface area contributed by atoms with Crippen LogP contribution in [-0.4, -0.2) is 51.7 Å². The third-order valence-electron chi connectivity index (χ3n) is 6.49. The second-order valence-corrected chi connectivity index (χ2v) is 11.9. The van der Waals surface area contributed by atoms with Crippen molar-refractivity contribution in [3.8, 4) is 5.75 Å². The molecule has 0 spiro atoms. The quantitative estimate of drug-likeness (QED) is 0.321. The van der Waals surface area contributed by atoms with Crippen molar-refractivity contribution in [2.75, 3.05) is 36.8 Å². The van der Waals surface area contributed by atoms with Gasteiger partial charge in [0.1, 0.15) is 12.3 Å². The highest BCUT2D eigenvalue weighted by atomic mass is 32.2. The number of carbonyl (C=O) groups is 1. The van der Waals surface area contributed by atoms with E-state index in [0.717, 1.165) is 34.4 Å². The zero-order valence-corrected chi connectivity index (χ0v) is 23.6. The molecule has 7 nitrogen and oxygen atoms in total. The van der Waals surface area contributed by atoms with Gasteiger partial charge in [0.2, 0.25) is 5.91 Å². The SMILES string of the molecule is CCOc1ccccc1N(CC(=O)NCc1ccc(CN2CCCC2)cc1)S(=O)(=O)c1ccc(SC)cc1.